The summed E-state index contributed by atoms with van der Waals surface area (Å²) in [4.78, 5) is 149. The summed E-state index contributed by atoms with van der Waals surface area (Å²) >= 11 is 0. The largest absolute Gasteiger partial charge is 0.507 e. The molecule has 6 heterocycles. The average molecular weight is 1990 g/mol. The van der Waals surface area contributed by atoms with E-state index in [9.17, 15) is 71.1 Å². The van der Waals surface area contributed by atoms with Crippen molar-refractivity contribution >= 4 is 81.0 Å². The number of phenols is 1. The van der Waals surface area contributed by atoms with E-state index in [2.05, 4.69) is 16.0 Å². The SMILES string of the molecule is Cc1ccc(S(=O)(=O)OCCOCCOCCOCCOCc2ccccc2)cc1.O=C1CCC(N2C(=O)c3cccc(O)c3C2=O)C(=O)N1.O=C1CCC(N2C(=O)c3cccc(OCCOCCOCCOCCO)c3C2=O)C(=O)N1.O=C1CCC(N2C(=O)c3cccc(OCCOCCOCCOCCOCc4ccccc4)c3C2=O)C(=O)N1.OCCOCCOCCOCCOCc1ccccc1. The number of phenolic OH excluding ortho intramolecular Hbond substituents is 1. The number of aliphatic hydroxyl groups is 2. The molecule has 13 rings (SSSR count). The molecule has 7 aromatic rings. The van der Waals surface area contributed by atoms with Crippen molar-refractivity contribution in [2.45, 2.75) is 88.3 Å². The molecular formula is C99H122N6O35S. The Morgan fingerprint density at radius 1 is 0.291 bits per heavy atom. The van der Waals surface area contributed by atoms with Gasteiger partial charge in [0.25, 0.3) is 45.6 Å². The van der Waals surface area contributed by atoms with Crippen LogP contribution in [0, 0.1) is 6.92 Å². The van der Waals surface area contributed by atoms with Crippen molar-refractivity contribution in [2.75, 3.05) is 211 Å². The highest BCUT2D eigenvalue weighted by Crippen LogP contribution is 2.37. The Kier molecular flexibility index (Phi) is 50.9. The molecule has 141 heavy (non-hydrogen) atoms. The molecule has 3 saturated heterocycles. The minimum absolute atomic E-state index is 0.0254. The van der Waals surface area contributed by atoms with E-state index >= 15 is 0 Å². The van der Waals surface area contributed by atoms with Gasteiger partial charge in [-0.15, -0.1) is 0 Å². The Balaban J connectivity index is 0.000000201. The number of aliphatic hydroxyl groups excluding tert-OH is 2. The summed E-state index contributed by atoms with van der Waals surface area (Å²) in [5, 5.41) is 33.2. The maximum Gasteiger partial charge on any atom is 0.297 e. The monoisotopic (exact) mass is 1990 g/mol. The Morgan fingerprint density at radius 2 is 0.553 bits per heavy atom. The number of benzene rings is 7. The van der Waals surface area contributed by atoms with E-state index in [1.54, 1.807) is 36.4 Å². The van der Waals surface area contributed by atoms with Crippen molar-refractivity contribution in [3.05, 3.63) is 225 Å². The first-order valence-electron chi connectivity index (χ1n) is 46.1. The first kappa shape index (κ1) is 113. The molecular weight excluding hydrogens is 1870 g/mol. The van der Waals surface area contributed by atoms with Crippen molar-refractivity contribution in [3.8, 4) is 17.2 Å². The summed E-state index contributed by atoms with van der Waals surface area (Å²) in [7, 11) is -3.75. The molecule has 3 atom stereocenters. The van der Waals surface area contributed by atoms with Crippen molar-refractivity contribution in [1.82, 2.24) is 30.7 Å². The molecule has 0 bridgehead atoms. The predicted molar refractivity (Wildman–Crippen MR) is 499 cm³/mol. The standard InChI is InChI=1S/C28H32N2O9.C22H30O7S.C21H26N2O9.C15H24O5.C13H10N2O5/c31-24-10-9-22(26(32)29-24)30-27(33)21-7-4-8-23(25(21)28(30)34)39-18-17-37-14-13-35-11-12-36-15-16-38-19-20-5-2-1-3-6-20;1-20-7-9-22(10-8-20)30(23,24)29-18-17-27-14-13-25-11-12-26-15-16-28-19-21-5-3-2-4-6-21;24-6-7-29-8-9-30-10-11-31-12-13-32-16-3-1-2-14-18(16)21(28)23(20(14)27)15-4-5-17(25)22-19(15)26;16-6-7-17-8-9-18-10-11-19-12-13-20-14-15-4-2-1-3-5-15;16-8-3-1-2-6-10(8)13(20)15(12(6)19)7-4-5-9(17)14-11(7)18/h1-8,22H,9-19H2,(H,29,31,32);2-10H,11-19H2,1H3;1-3,15,24H,4-13H2,(H,22,25,26);1-5,16H,6-14H2;1-3,7,16H,4-5H2,(H,14,17,18). The van der Waals surface area contributed by atoms with Crippen LogP contribution in [0.15, 0.2) is 175 Å². The van der Waals surface area contributed by atoms with Crippen LogP contribution in [0.5, 0.6) is 17.2 Å². The number of aryl methyl sites for hydroxylation is 1. The maximum absolute atomic E-state index is 13.0. The van der Waals surface area contributed by atoms with E-state index in [-0.39, 0.29) is 154 Å². The molecule has 6 aliphatic rings. The first-order chi connectivity index (χ1) is 68.6. The van der Waals surface area contributed by atoms with E-state index < -0.39 is 99.1 Å². The number of imide groups is 6. The number of amides is 12. The van der Waals surface area contributed by atoms with Crippen LogP contribution in [0.2, 0.25) is 0 Å². The third-order valence-electron chi connectivity index (χ3n) is 21.0. The van der Waals surface area contributed by atoms with Gasteiger partial charge in [0.2, 0.25) is 35.4 Å². The number of fused-ring (bicyclic) bond motifs is 3. The Bertz CT molecular complexity index is 5220. The minimum Gasteiger partial charge on any atom is -0.507 e. The second-order valence-corrected chi connectivity index (χ2v) is 32.7. The van der Waals surface area contributed by atoms with Crippen LogP contribution in [0.25, 0.3) is 0 Å². The van der Waals surface area contributed by atoms with Crippen molar-refractivity contribution in [1.29, 1.82) is 0 Å². The van der Waals surface area contributed by atoms with Crippen LogP contribution < -0.4 is 25.4 Å². The highest BCUT2D eigenvalue weighted by Gasteiger charge is 2.49. The van der Waals surface area contributed by atoms with Crippen LogP contribution in [-0.2, 0) is 134 Å². The number of aromatic hydroxyl groups is 1. The zero-order valence-electron chi connectivity index (χ0n) is 78.5. The Labute approximate surface area is 816 Å². The molecule has 42 heteroatoms. The Morgan fingerprint density at radius 3 is 0.844 bits per heavy atom. The lowest BCUT2D eigenvalue weighted by atomic mass is 10.0. The number of rotatable bonds is 59. The minimum atomic E-state index is -3.75. The van der Waals surface area contributed by atoms with Gasteiger partial charge in [0.15, 0.2) is 0 Å². The second kappa shape index (κ2) is 63.7. The van der Waals surface area contributed by atoms with Crippen LogP contribution in [0.3, 0.4) is 0 Å². The Hall–Kier alpha value is -12.0. The van der Waals surface area contributed by atoms with Crippen LogP contribution in [-0.4, -0.2) is 339 Å². The van der Waals surface area contributed by atoms with Gasteiger partial charge in [-0.2, -0.15) is 8.42 Å². The molecule has 41 nitrogen and oxygen atoms in total. The fourth-order valence-corrected chi connectivity index (χ4v) is 14.9. The van der Waals surface area contributed by atoms with E-state index in [1.807, 2.05) is 97.9 Å². The highest BCUT2D eigenvalue weighted by molar-refractivity contribution is 7.86. The quantitative estimate of drug-likeness (QED) is 0.0161. The van der Waals surface area contributed by atoms with Crippen molar-refractivity contribution in [2.24, 2.45) is 0 Å². The molecule has 0 radical (unpaired) electrons. The molecule has 6 N–H and O–H groups in total. The normalized spacial score (nSPS) is 15.9. The molecule has 0 aliphatic carbocycles. The zero-order valence-corrected chi connectivity index (χ0v) is 79.4. The molecule has 0 aromatic heterocycles. The van der Waals surface area contributed by atoms with Gasteiger partial charge in [-0.1, -0.05) is 127 Å². The molecule has 3 fully saturated rings. The summed E-state index contributed by atoms with van der Waals surface area (Å²) in [5.74, 6) is -6.80. The summed E-state index contributed by atoms with van der Waals surface area (Å²) < 4.78 is 121. The molecule has 0 saturated carbocycles. The van der Waals surface area contributed by atoms with E-state index in [0.29, 0.717) is 172 Å². The van der Waals surface area contributed by atoms with Gasteiger partial charge in [-0.05, 0) is 91.4 Å². The van der Waals surface area contributed by atoms with Gasteiger partial charge < -0.3 is 95.8 Å². The summed E-state index contributed by atoms with van der Waals surface area (Å²) in [6, 6.07) is 47.0. The van der Waals surface area contributed by atoms with Crippen LogP contribution in [0.4, 0.5) is 0 Å². The van der Waals surface area contributed by atoms with Gasteiger partial charge in [-0.3, -0.25) is 92.4 Å². The molecule has 7 aromatic carbocycles. The first-order valence-corrected chi connectivity index (χ1v) is 47.5. The molecule has 12 amide bonds. The predicted octanol–water partition coefficient (Wildman–Crippen LogP) is 5.25. The number of nitrogens with zero attached hydrogens (tertiary/aromatic N) is 3. The van der Waals surface area contributed by atoms with Crippen molar-refractivity contribution in [3.63, 3.8) is 0 Å². The molecule has 6 aliphatic heterocycles. The van der Waals surface area contributed by atoms with E-state index in [0.717, 1.165) is 31.4 Å². The zero-order chi connectivity index (χ0) is 101. The summed E-state index contributed by atoms with van der Waals surface area (Å²) in [6.45, 7) is 15.4. The van der Waals surface area contributed by atoms with Crippen LogP contribution >= 0.6 is 0 Å². The number of piperidine rings is 3. The van der Waals surface area contributed by atoms with Crippen LogP contribution in [0.1, 0.15) is 123 Å². The average Bonchev–Trinajstić information content (AvgIpc) is 1.62. The molecule has 3 unspecified atom stereocenters. The number of hydrogen-bond acceptors (Lipinski definition) is 35. The third-order valence-corrected chi connectivity index (χ3v) is 22.3. The lowest BCUT2D eigenvalue weighted by molar-refractivity contribution is -0.137. The lowest BCUT2D eigenvalue weighted by Gasteiger charge is -2.27. The fraction of sp³-hybridized carbons (Fsp3) is 0.455. The van der Waals surface area contributed by atoms with Crippen molar-refractivity contribution < 1.29 is 166 Å². The van der Waals surface area contributed by atoms with E-state index in [4.69, 9.17) is 94.9 Å². The number of nitrogens with one attached hydrogen (secondary N) is 3. The summed E-state index contributed by atoms with van der Waals surface area (Å²) in [6.07, 6.45) is 0.468. The highest BCUT2D eigenvalue weighted by atomic mass is 32.2. The molecule has 764 valence electrons. The number of hydrogen-bond donors (Lipinski definition) is 6. The van der Waals surface area contributed by atoms with Gasteiger partial charge in [0, 0.05) is 19.3 Å². The number of ether oxygens (including phenoxy) is 17. The number of carbonyl (C=O) groups excluding carboxylic acids is 12. The number of carbonyl (C=O) groups is 12. The van der Waals surface area contributed by atoms with E-state index in [1.165, 1.54) is 48.0 Å². The second-order valence-electron chi connectivity index (χ2n) is 31.1. The lowest BCUT2D eigenvalue weighted by Crippen LogP contribution is -2.54. The fourth-order valence-electron chi connectivity index (χ4n) is 14.0. The topological polar surface area (TPSA) is 512 Å². The van der Waals surface area contributed by atoms with Gasteiger partial charge >= 0.3 is 0 Å². The summed E-state index contributed by atoms with van der Waals surface area (Å²) in [5.41, 5.74) is 4.93. The maximum atomic E-state index is 13.0. The smallest absolute Gasteiger partial charge is 0.297 e. The molecule has 0 spiro atoms. The third kappa shape index (κ3) is 38.1. The van der Waals surface area contributed by atoms with Gasteiger partial charge in [0.05, 0.1) is 256 Å². The van der Waals surface area contributed by atoms with Gasteiger partial charge in [0.1, 0.15) is 48.6 Å². The van der Waals surface area contributed by atoms with Gasteiger partial charge in [-0.25, -0.2) is 0 Å².